The number of likely N-dealkylation sites (N-methyl/N-ethyl adjacent to an activating group) is 1. The van der Waals surface area contributed by atoms with Crippen molar-refractivity contribution in [2.75, 3.05) is 26.7 Å². The summed E-state index contributed by atoms with van der Waals surface area (Å²) < 4.78 is 22.8. The molecule has 0 aliphatic carbocycles. The fourth-order valence-electron chi connectivity index (χ4n) is 1.85. The zero-order valence-corrected chi connectivity index (χ0v) is 12.0. The summed E-state index contributed by atoms with van der Waals surface area (Å²) in [6.45, 7) is 1.67. The molecular weight excluding hydrogens is 284 g/mol. The molecule has 0 aliphatic heterocycles. The number of benzene rings is 1. The van der Waals surface area contributed by atoms with Crippen LogP contribution in [-0.4, -0.2) is 44.9 Å². The van der Waals surface area contributed by atoms with Gasteiger partial charge in [0, 0.05) is 25.2 Å². The lowest BCUT2D eigenvalue weighted by Gasteiger charge is -2.15. The van der Waals surface area contributed by atoms with Crippen molar-refractivity contribution in [3.8, 4) is 0 Å². The Hall–Kier alpha value is -1.55. The van der Waals surface area contributed by atoms with Gasteiger partial charge in [0.15, 0.2) is 4.90 Å². The highest BCUT2D eigenvalue weighted by Gasteiger charge is 2.26. The normalized spacial score (nSPS) is 11.8. The summed E-state index contributed by atoms with van der Waals surface area (Å²) in [5, 5.41) is 16.1. The first-order valence-electron chi connectivity index (χ1n) is 5.95. The van der Waals surface area contributed by atoms with Crippen LogP contribution in [0.3, 0.4) is 0 Å². The van der Waals surface area contributed by atoms with Gasteiger partial charge in [-0.2, -0.15) is 0 Å². The summed E-state index contributed by atoms with van der Waals surface area (Å²) in [5.41, 5.74) is 5.30. The minimum atomic E-state index is -4.13. The van der Waals surface area contributed by atoms with Crippen LogP contribution in [0.2, 0.25) is 0 Å². The van der Waals surface area contributed by atoms with Gasteiger partial charge in [0.2, 0.25) is 10.0 Å². The van der Waals surface area contributed by atoms with E-state index in [1.165, 1.54) is 12.1 Å². The molecule has 0 saturated carbocycles. The molecule has 1 rings (SSSR count). The second-order valence-corrected chi connectivity index (χ2v) is 5.94. The SMILES string of the molecule is CN(CCN)CCc1cccc(S(N)(=O)=O)c1[N+](=O)[O-]. The molecule has 0 saturated heterocycles. The molecule has 0 fully saturated rings. The third-order valence-electron chi connectivity index (χ3n) is 2.85. The fourth-order valence-corrected chi connectivity index (χ4v) is 2.59. The predicted molar refractivity (Wildman–Crippen MR) is 74.7 cm³/mol. The molecule has 0 unspecified atom stereocenters. The number of rotatable bonds is 7. The maximum atomic E-state index is 11.4. The molecule has 1 aromatic carbocycles. The minimum absolute atomic E-state index is 0.338. The maximum Gasteiger partial charge on any atom is 0.292 e. The van der Waals surface area contributed by atoms with Crippen LogP contribution in [0.4, 0.5) is 5.69 Å². The molecule has 4 N–H and O–H groups in total. The number of nitro benzene ring substituents is 1. The topological polar surface area (TPSA) is 133 Å². The van der Waals surface area contributed by atoms with Gasteiger partial charge >= 0.3 is 0 Å². The number of sulfonamides is 1. The van der Waals surface area contributed by atoms with E-state index < -0.39 is 25.5 Å². The average molecular weight is 302 g/mol. The number of nitrogens with two attached hydrogens (primary N) is 2. The molecular formula is C11H18N4O4S. The molecule has 1 aromatic rings. The first-order chi connectivity index (χ1) is 9.27. The lowest BCUT2D eigenvalue weighted by molar-refractivity contribution is -0.388. The largest absolute Gasteiger partial charge is 0.329 e. The van der Waals surface area contributed by atoms with E-state index in [0.29, 0.717) is 31.6 Å². The Balaban J connectivity index is 3.11. The van der Waals surface area contributed by atoms with Gasteiger partial charge in [0.1, 0.15) is 0 Å². The summed E-state index contributed by atoms with van der Waals surface area (Å²) in [4.78, 5) is 11.9. The van der Waals surface area contributed by atoms with Crippen molar-refractivity contribution in [1.29, 1.82) is 0 Å². The van der Waals surface area contributed by atoms with E-state index in [1.54, 1.807) is 0 Å². The molecule has 0 aromatic heterocycles. The summed E-state index contributed by atoms with van der Waals surface area (Å²) in [5.74, 6) is 0. The Morgan fingerprint density at radius 1 is 1.35 bits per heavy atom. The number of hydrogen-bond donors (Lipinski definition) is 2. The van der Waals surface area contributed by atoms with Crippen LogP contribution in [-0.2, 0) is 16.4 Å². The number of hydrogen-bond acceptors (Lipinski definition) is 6. The average Bonchev–Trinajstić information content (AvgIpc) is 2.35. The van der Waals surface area contributed by atoms with Crippen molar-refractivity contribution >= 4 is 15.7 Å². The van der Waals surface area contributed by atoms with E-state index in [-0.39, 0.29) is 0 Å². The molecule has 20 heavy (non-hydrogen) atoms. The molecule has 112 valence electrons. The van der Waals surface area contributed by atoms with Gasteiger partial charge in [-0.25, -0.2) is 13.6 Å². The molecule has 0 amide bonds. The van der Waals surface area contributed by atoms with Crippen molar-refractivity contribution < 1.29 is 13.3 Å². The van der Waals surface area contributed by atoms with Crippen LogP contribution in [0.1, 0.15) is 5.56 Å². The van der Waals surface area contributed by atoms with Crippen molar-refractivity contribution in [2.45, 2.75) is 11.3 Å². The smallest absolute Gasteiger partial charge is 0.292 e. The van der Waals surface area contributed by atoms with Crippen LogP contribution in [0.5, 0.6) is 0 Å². The molecule has 0 radical (unpaired) electrons. The number of primary sulfonamides is 1. The first-order valence-corrected chi connectivity index (χ1v) is 7.49. The van der Waals surface area contributed by atoms with E-state index in [9.17, 15) is 18.5 Å². The first kappa shape index (κ1) is 16.5. The van der Waals surface area contributed by atoms with Gasteiger partial charge in [-0.15, -0.1) is 0 Å². The fraction of sp³-hybridized carbons (Fsp3) is 0.455. The highest BCUT2D eigenvalue weighted by molar-refractivity contribution is 7.89. The minimum Gasteiger partial charge on any atom is -0.329 e. The van der Waals surface area contributed by atoms with Crippen LogP contribution in [0.25, 0.3) is 0 Å². The molecule has 0 atom stereocenters. The standard InChI is InChI=1S/C11H18N4O4S/c1-14(8-6-12)7-5-9-3-2-4-10(20(13,18)19)11(9)15(16)17/h2-4H,5-8,12H2,1H3,(H2,13,18,19). The molecule has 0 bridgehead atoms. The summed E-state index contributed by atoms with van der Waals surface area (Å²) >= 11 is 0. The van der Waals surface area contributed by atoms with Crippen LogP contribution < -0.4 is 10.9 Å². The van der Waals surface area contributed by atoms with Crippen LogP contribution >= 0.6 is 0 Å². The van der Waals surface area contributed by atoms with Crippen LogP contribution in [0, 0.1) is 10.1 Å². The molecule has 0 spiro atoms. The van der Waals surface area contributed by atoms with E-state index in [2.05, 4.69) is 0 Å². The quantitative estimate of drug-likeness (QED) is 0.523. The number of nitro groups is 1. The van der Waals surface area contributed by atoms with Crippen molar-refractivity contribution in [3.63, 3.8) is 0 Å². The lowest BCUT2D eigenvalue weighted by atomic mass is 10.1. The van der Waals surface area contributed by atoms with Gasteiger partial charge in [0.25, 0.3) is 5.69 Å². The highest BCUT2D eigenvalue weighted by Crippen LogP contribution is 2.27. The third-order valence-corrected chi connectivity index (χ3v) is 3.79. The molecule has 9 heteroatoms. The van der Waals surface area contributed by atoms with Gasteiger partial charge in [-0.1, -0.05) is 12.1 Å². The lowest BCUT2D eigenvalue weighted by Crippen LogP contribution is -2.27. The third kappa shape index (κ3) is 4.23. The van der Waals surface area contributed by atoms with Crippen molar-refractivity contribution in [2.24, 2.45) is 10.9 Å². The zero-order chi connectivity index (χ0) is 15.3. The van der Waals surface area contributed by atoms with Gasteiger partial charge in [-0.3, -0.25) is 10.1 Å². The van der Waals surface area contributed by atoms with Crippen molar-refractivity contribution in [3.05, 3.63) is 33.9 Å². The van der Waals surface area contributed by atoms with E-state index in [4.69, 9.17) is 10.9 Å². The maximum absolute atomic E-state index is 11.4. The summed E-state index contributed by atoms with van der Waals surface area (Å²) in [6.07, 6.45) is 0.343. The monoisotopic (exact) mass is 302 g/mol. The summed E-state index contributed by atoms with van der Waals surface area (Å²) in [6, 6.07) is 4.12. The second-order valence-electron chi connectivity index (χ2n) is 4.41. The summed E-state index contributed by atoms with van der Waals surface area (Å²) in [7, 11) is -2.29. The number of para-hydroxylation sites is 1. The molecule has 0 aliphatic rings. The highest BCUT2D eigenvalue weighted by atomic mass is 32.2. The van der Waals surface area contributed by atoms with E-state index in [1.807, 2.05) is 11.9 Å². The van der Waals surface area contributed by atoms with Gasteiger partial charge < -0.3 is 10.6 Å². The molecule has 0 heterocycles. The van der Waals surface area contributed by atoms with Crippen molar-refractivity contribution in [1.82, 2.24) is 4.90 Å². The Morgan fingerprint density at radius 2 is 2.00 bits per heavy atom. The second kappa shape index (κ2) is 6.75. The van der Waals surface area contributed by atoms with Gasteiger partial charge in [-0.05, 0) is 19.5 Å². The Kier molecular flexibility index (Phi) is 5.57. The van der Waals surface area contributed by atoms with Gasteiger partial charge in [0.05, 0.1) is 4.92 Å². The zero-order valence-electron chi connectivity index (χ0n) is 11.2. The Bertz CT molecular complexity index is 588. The van der Waals surface area contributed by atoms with Crippen LogP contribution in [0.15, 0.2) is 23.1 Å². The Labute approximate surface area is 117 Å². The predicted octanol–water partition coefficient (Wildman–Crippen LogP) is -0.325. The van der Waals surface area contributed by atoms with E-state index in [0.717, 1.165) is 6.07 Å². The Morgan fingerprint density at radius 3 is 2.50 bits per heavy atom. The van der Waals surface area contributed by atoms with E-state index >= 15 is 0 Å². The number of nitrogens with zero attached hydrogens (tertiary/aromatic N) is 2. The molecule has 8 nitrogen and oxygen atoms in total.